The van der Waals surface area contributed by atoms with Gasteiger partial charge in [-0.1, -0.05) is 13.8 Å². The van der Waals surface area contributed by atoms with E-state index in [1.54, 1.807) is 38.0 Å². The molecule has 0 spiro atoms. The van der Waals surface area contributed by atoms with Crippen molar-refractivity contribution in [3.8, 4) is 0 Å². The zero-order valence-electron chi connectivity index (χ0n) is 17.1. The summed E-state index contributed by atoms with van der Waals surface area (Å²) in [4.78, 5) is 23.1. The molecule has 1 aliphatic rings. The summed E-state index contributed by atoms with van der Waals surface area (Å²) in [6.45, 7) is 4.25. The zero-order valence-corrected chi connectivity index (χ0v) is 18.8. The molecule has 2 aromatic rings. The van der Waals surface area contributed by atoms with Crippen molar-refractivity contribution >= 4 is 35.6 Å². The Labute approximate surface area is 175 Å². The summed E-state index contributed by atoms with van der Waals surface area (Å²) in [5.41, 5.74) is 6.85. The highest BCUT2D eigenvalue weighted by Crippen LogP contribution is 2.51. The molecule has 3 N–H and O–H groups in total. The second-order valence-electron chi connectivity index (χ2n) is 7.68. The smallest absolute Gasteiger partial charge is 0.325 e. The van der Waals surface area contributed by atoms with Crippen molar-refractivity contribution in [3.63, 3.8) is 0 Å². The normalized spacial score (nSPS) is 27.2. The first-order valence-corrected chi connectivity index (χ1v) is 12.0. The number of nitrogen functional groups attached to an aromatic ring is 1. The number of rotatable bonds is 8. The van der Waals surface area contributed by atoms with Crippen molar-refractivity contribution in [2.75, 3.05) is 12.8 Å². The van der Waals surface area contributed by atoms with Crippen molar-refractivity contribution in [1.82, 2.24) is 19.5 Å². The molecule has 0 aromatic carbocycles. The first kappa shape index (κ1) is 22.5. The highest BCUT2D eigenvalue weighted by Gasteiger charge is 2.49. The summed E-state index contributed by atoms with van der Waals surface area (Å²) in [5.74, 6) is 0.455. The summed E-state index contributed by atoms with van der Waals surface area (Å²) in [6.07, 6.45) is 1.40. The largest absolute Gasteiger partial charge is 0.374 e. The summed E-state index contributed by atoms with van der Waals surface area (Å²) in [5, 5.41) is 0. The van der Waals surface area contributed by atoms with E-state index < -0.39 is 25.2 Å². The van der Waals surface area contributed by atoms with Crippen LogP contribution in [-0.4, -0.2) is 55.9 Å². The number of fused-ring (bicyclic) bond motifs is 1. The average molecular weight is 445 g/mol. The predicted octanol–water partition coefficient (Wildman–Crippen LogP) is 2.39. The molecule has 3 rings (SSSR count). The predicted molar refractivity (Wildman–Crippen MR) is 111 cm³/mol. The van der Waals surface area contributed by atoms with Crippen LogP contribution in [0, 0.1) is 5.92 Å². The topological polar surface area (TPSA) is 127 Å². The Hall–Kier alpha value is -1.20. The molecule has 2 aromatic heterocycles. The van der Waals surface area contributed by atoms with Crippen LogP contribution in [0.1, 0.15) is 40.3 Å². The number of aromatic nitrogens is 4. The molecule has 0 bridgehead atoms. The van der Waals surface area contributed by atoms with Crippen LogP contribution in [0.15, 0.2) is 12.5 Å². The van der Waals surface area contributed by atoms with E-state index in [-0.39, 0.29) is 18.2 Å². The van der Waals surface area contributed by atoms with Gasteiger partial charge in [0.15, 0.2) is 11.9 Å². The third-order valence-electron chi connectivity index (χ3n) is 4.47. The van der Waals surface area contributed by atoms with Crippen molar-refractivity contribution in [1.29, 1.82) is 0 Å². The lowest BCUT2D eigenvalue weighted by molar-refractivity contribution is -0.0518. The molecule has 12 heteroatoms. The molecular formula is C17H28N5O5PS. The average Bonchev–Trinajstić information content (AvgIpc) is 3.13. The van der Waals surface area contributed by atoms with Gasteiger partial charge in [-0.15, -0.1) is 0 Å². The van der Waals surface area contributed by atoms with E-state index in [9.17, 15) is 4.89 Å². The van der Waals surface area contributed by atoms with Crippen LogP contribution < -0.4 is 5.73 Å². The molecule has 1 fully saturated rings. The molecule has 5 unspecified atom stereocenters. The van der Waals surface area contributed by atoms with Crippen LogP contribution in [0.4, 0.5) is 5.95 Å². The lowest BCUT2D eigenvalue weighted by Crippen LogP contribution is -2.36. The van der Waals surface area contributed by atoms with Gasteiger partial charge in [-0.3, -0.25) is 9.09 Å². The van der Waals surface area contributed by atoms with Crippen LogP contribution >= 0.6 is 6.72 Å². The molecule has 0 radical (unpaired) electrons. The third-order valence-corrected chi connectivity index (χ3v) is 6.18. The van der Waals surface area contributed by atoms with Gasteiger partial charge in [0.25, 0.3) is 0 Å². The van der Waals surface area contributed by atoms with Gasteiger partial charge in [-0.2, -0.15) is 4.98 Å². The highest BCUT2D eigenvalue weighted by atomic mass is 32.5. The fraction of sp³-hybridized carbons (Fsp3) is 0.706. The molecular weight excluding hydrogens is 417 g/mol. The molecule has 1 aliphatic heterocycles. The minimum atomic E-state index is -3.49. The molecule has 0 saturated carbocycles. The number of ether oxygens (including phenoxy) is 2. The number of nitrogens with zero attached hydrogens (tertiary/aromatic N) is 4. The molecule has 29 heavy (non-hydrogen) atoms. The molecule has 3 heterocycles. The Balaban J connectivity index is 1.96. The lowest BCUT2D eigenvalue weighted by Gasteiger charge is -2.28. The second-order valence-corrected chi connectivity index (χ2v) is 10.4. The maximum Gasteiger partial charge on any atom is 0.325 e. The highest BCUT2D eigenvalue weighted by molar-refractivity contribution is 8.07. The molecule has 1 saturated heterocycles. The molecule has 162 valence electrons. The van der Waals surface area contributed by atoms with E-state index in [4.69, 9.17) is 36.1 Å². The van der Waals surface area contributed by atoms with Gasteiger partial charge in [0.05, 0.1) is 24.7 Å². The quantitative estimate of drug-likeness (QED) is 0.585. The Morgan fingerprint density at radius 2 is 2.03 bits per heavy atom. The monoisotopic (exact) mass is 445 g/mol. The number of hydrogen-bond acceptors (Lipinski definition) is 9. The van der Waals surface area contributed by atoms with Gasteiger partial charge in [0, 0.05) is 7.11 Å². The number of imidazole rings is 1. The van der Waals surface area contributed by atoms with Crippen molar-refractivity contribution in [2.45, 2.75) is 64.8 Å². The molecule has 0 amide bonds. The zero-order chi connectivity index (χ0) is 21.3. The Morgan fingerprint density at radius 3 is 2.66 bits per heavy atom. The fourth-order valence-corrected chi connectivity index (χ4v) is 5.40. The van der Waals surface area contributed by atoms with Gasteiger partial charge >= 0.3 is 6.72 Å². The van der Waals surface area contributed by atoms with Crippen LogP contribution in [0.3, 0.4) is 0 Å². The molecule has 10 nitrogen and oxygen atoms in total. The van der Waals surface area contributed by atoms with E-state index in [0.717, 1.165) is 0 Å². The second kappa shape index (κ2) is 8.89. The van der Waals surface area contributed by atoms with Crippen LogP contribution in [0.25, 0.3) is 11.2 Å². The lowest BCUT2D eigenvalue weighted by atomic mass is 10.0. The Kier molecular flexibility index (Phi) is 6.89. The van der Waals surface area contributed by atoms with Crippen molar-refractivity contribution in [3.05, 3.63) is 12.5 Å². The Morgan fingerprint density at radius 1 is 1.31 bits per heavy atom. The van der Waals surface area contributed by atoms with E-state index >= 15 is 0 Å². The van der Waals surface area contributed by atoms with Gasteiger partial charge in [0.2, 0.25) is 5.95 Å². The van der Waals surface area contributed by atoms with E-state index in [1.807, 2.05) is 0 Å². The van der Waals surface area contributed by atoms with E-state index in [1.165, 1.54) is 0 Å². The van der Waals surface area contributed by atoms with Gasteiger partial charge in [-0.05, 0) is 38.0 Å². The first-order chi connectivity index (χ1) is 13.6. The van der Waals surface area contributed by atoms with Gasteiger partial charge < -0.3 is 24.6 Å². The fourth-order valence-electron chi connectivity index (χ4n) is 3.44. The summed E-state index contributed by atoms with van der Waals surface area (Å²) in [6, 6.07) is 0. The summed E-state index contributed by atoms with van der Waals surface area (Å²) < 4.78 is 25.1. The number of hydrogen-bond donors (Lipinski definition) is 2. The molecule has 0 aliphatic carbocycles. The van der Waals surface area contributed by atoms with E-state index in [0.29, 0.717) is 23.5 Å². The Bertz CT molecular complexity index is 894. The van der Waals surface area contributed by atoms with Crippen LogP contribution in [0.5, 0.6) is 0 Å². The SMILES string of the molecule is COC1C(OP(O)(=S)OC(C)C)C(CC(C)C)OC1n1cnc2cnc(N)nc21. The van der Waals surface area contributed by atoms with Crippen molar-refractivity contribution < 1.29 is 23.4 Å². The minimum absolute atomic E-state index is 0.133. The van der Waals surface area contributed by atoms with Gasteiger partial charge in [-0.25, -0.2) is 9.97 Å². The maximum atomic E-state index is 10.5. The number of nitrogens with two attached hydrogens (primary N) is 1. The van der Waals surface area contributed by atoms with E-state index in [2.05, 4.69) is 28.8 Å². The number of anilines is 1. The number of methoxy groups -OCH3 is 1. The summed E-state index contributed by atoms with van der Waals surface area (Å²) >= 11 is 5.21. The van der Waals surface area contributed by atoms with Crippen LogP contribution in [0.2, 0.25) is 0 Å². The first-order valence-electron chi connectivity index (χ1n) is 9.44. The molecule has 5 atom stereocenters. The standard InChI is InChI=1S/C17H28N5O5PS/c1-9(2)6-12-13(27-28(23,29)26-10(3)4)14(24-5)16(25-12)22-8-20-11-7-19-17(18)21-15(11)22/h7-10,12-14,16H,6H2,1-5H3,(H,23,29)(H2,18,19,21). The minimum Gasteiger partial charge on any atom is -0.374 e. The van der Waals surface area contributed by atoms with Crippen molar-refractivity contribution in [2.24, 2.45) is 5.92 Å². The third kappa shape index (κ3) is 5.11. The van der Waals surface area contributed by atoms with Crippen LogP contribution in [-0.2, 0) is 30.3 Å². The van der Waals surface area contributed by atoms with Gasteiger partial charge in [0.1, 0.15) is 17.7 Å². The maximum absolute atomic E-state index is 10.5. The summed E-state index contributed by atoms with van der Waals surface area (Å²) in [7, 11) is 1.56.